The molecule has 0 heterocycles. The van der Waals surface area contributed by atoms with Gasteiger partial charge >= 0.3 is 23.7 Å². The van der Waals surface area contributed by atoms with Crippen molar-refractivity contribution >= 4 is 59.0 Å². The minimum absolute atomic E-state index is 0.135. The van der Waals surface area contributed by atoms with Crippen LogP contribution in [-0.2, 0) is 33.4 Å². The summed E-state index contributed by atoms with van der Waals surface area (Å²) in [6.07, 6.45) is 0.135. The van der Waals surface area contributed by atoms with Crippen LogP contribution in [0.5, 0.6) is 0 Å². The Bertz CT molecular complexity index is 544. The van der Waals surface area contributed by atoms with Crippen molar-refractivity contribution < 1.29 is 43.6 Å². The van der Waals surface area contributed by atoms with Gasteiger partial charge in [-0.1, -0.05) is 34.8 Å². The average Bonchev–Trinajstić information content (AvgIpc) is 2.36. The molecule has 0 spiro atoms. The number of carbonyl (C=O) groups excluding carboxylic acids is 2. The smallest absolute Gasteiger partial charge is 0.377 e. The first-order valence-corrected chi connectivity index (χ1v) is 7.26. The van der Waals surface area contributed by atoms with Gasteiger partial charge in [0.25, 0.3) is 0 Å². The first-order chi connectivity index (χ1) is 10.5. The molecule has 0 aliphatic heterocycles. The molecular formula is C12H15Cl3O9. The lowest BCUT2D eigenvalue weighted by atomic mass is 10.3. The number of carbonyl (C=O) groups is 4. The molecule has 0 aliphatic rings. The summed E-state index contributed by atoms with van der Waals surface area (Å²) in [4.78, 5) is 45.0. The maximum absolute atomic E-state index is 12.0. The molecule has 9 nitrogen and oxygen atoms in total. The molecule has 0 rings (SSSR count). The van der Waals surface area contributed by atoms with Crippen LogP contribution in [0.2, 0.25) is 0 Å². The fraction of sp³-hybridized carbons (Fsp3) is 0.667. The summed E-state index contributed by atoms with van der Waals surface area (Å²) in [6.45, 7) is 3.55. The minimum atomic E-state index is -2.82. The van der Waals surface area contributed by atoms with E-state index in [0.717, 1.165) is 27.7 Å². The molecule has 0 aromatic heterocycles. The highest BCUT2D eigenvalue weighted by atomic mass is 35.5. The Balaban J connectivity index is 5.47. The topological polar surface area (TPSA) is 136 Å². The molecular weight excluding hydrogens is 394 g/mol. The summed E-state index contributed by atoms with van der Waals surface area (Å²) in [5.74, 6) is -7.94. The lowest BCUT2D eigenvalue weighted by molar-refractivity contribution is -0.258. The number of aldehydes is 1. The number of carboxylic acids is 2. The van der Waals surface area contributed by atoms with Gasteiger partial charge < -0.3 is 19.7 Å². The predicted molar refractivity (Wildman–Crippen MR) is 80.8 cm³/mol. The lowest BCUT2D eigenvalue weighted by Crippen LogP contribution is -2.53. The highest BCUT2D eigenvalue weighted by Gasteiger charge is 2.51. The lowest BCUT2D eigenvalue weighted by Gasteiger charge is -2.34. The highest BCUT2D eigenvalue weighted by Crippen LogP contribution is 2.32. The Morgan fingerprint density at radius 3 is 1.67 bits per heavy atom. The largest absolute Gasteiger partial charge is 0.478 e. The number of aliphatic carboxylic acids is 2. The molecule has 0 aliphatic carbocycles. The number of esters is 1. The zero-order chi connectivity index (χ0) is 19.6. The first kappa shape index (κ1) is 22.9. The van der Waals surface area contributed by atoms with E-state index in [1.54, 1.807) is 0 Å². The van der Waals surface area contributed by atoms with Crippen molar-refractivity contribution in [2.45, 2.75) is 48.7 Å². The Morgan fingerprint density at radius 1 is 0.875 bits per heavy atom. The highest BCUT2D eigenvalue weighted by molar-refractivity contribution is 6.34. The quantitative estimate of drug-likeness (QED) is 0.251. The van der Waals surface area contributed by atoms with E-state index in [0.29, 0.717) is 0 Å². The van der Waals surface area contributed by atoms with Crippen LogP contribution in [0, 0.1) is 0 Å². The standard InChI is InChI=1S/C12H15Cl3O9/c1-9(13,5-16)23-11(3,15)8(21)22-12(4,7(19)20)24-10(2,14)6(17)18/h5H,1-4H3,(H,17,18)(H,19,20). The number of rotatable bonds is 9. The third-order valence-electron chi connectivity index (χ3n) is 2.41. The van der Waals surface area contributed by atoms with E-state index < -0.39 is 38.9 Å². The van der Waals surface area contributed by atoms with E-state index in [2.05, 4.69) is 9.47 Å². The number of hydrogen-bond acceptors (Lipinski definition) is 7. The van der Waals surface area contributed by atoms with Crippen molar-refractivity contribution in [3.63, 3.8) is 0 Å². The van der Waals surface area contributed by atoms with Crippen LogP contribution in [0.4, 0.5) is 0 Å². The van der Waals surface area contributed by atoms with Crippen molar-refractivity contribution in [2.75, 3.05) is 0 Å². The van der Waals surface area contributed by atoms with E-state index in [1.165, 1.54) is 0 Å². The Labute approximate surface area is 151 Å². The Hall–Kier alpha value is -1.13. The molecule has 0 aromatic rings. The van der Waals surface area contributed by atoms with Crippen molar-refractivity contribution in [1.29, 1.82) is 0 Å². The molecule has 2 N–H and O–H groups in total. The van der Waals surface area contributed by atoms with Gasteiger partial charge in [-0.25, -0.2) is 14.4 Å². The summed E-state index contributed by atoms with van der Waals surface area (Å²) in [7, 11) is 0. The number of carboxylic acid groups (broad SMARTS) is 2. The monoisotopic (exact) mass is 408 g/mol. The normalized spacial score (nSPS) is 21.3. The van der Waals surface area contributed by atoms with Gasteiger partial charge in [0.2, 0.25) is 10.1 Å². The van der Waals surface area contributed by atoms with Gasteiger partial charge in [-0.15, -0.1) is 0 Å². The van der Waals surface area contributed by atoms with Gasteiger partial charge in [-0.3, -0.25) is 9.53 Å². The third-order valence-corrected chi connectivity index (χ3v) is 3.05. The molecule has 0 saturated heterocycles. The molecule has 4 atom stereocenters. The molecule has 0 aromatic carbocycles. The summed E-state index contributed by atoms with van der Waals surface area (Å²) >= 11 is 16.9. The molecule has 0 amide bonds. The van der Waals surface area contributed by atoms with Crippen LogP contribution >= 0.6 is 34.8 Å². The fourth-order valence-electron chi connectivity index (χ4n) is 1.23. The van der Waals surface area contributed by atoms with Crippen molar-refractivity contribution in [3.05, 3.63) is 0 Å². The van der Waals surface area contributed by atoms with E-state index >= 15 is 0 Å². The van der Waals surface area contributed by atoms with E-state index in [1.807, 2.05) is 0 Å². The van der Waals surface area contributed by atoms with E-state index in [4.69, 9.17) is 49.8 Å². The van der Waals surface area contributed by atoms with E-state index in [-0.39, 0.29) is 6.29 Å². The molecule has 24 heavy (non-hydrogen) atoms. The second-order valence-corrected chi connectivity index (χ2v) is 7.28. The third kappa shape index (κ3) is 6.06. The molecule has 4 unspecified atom stereocenters. The van der Waals surface area contributed by atoms with Gasteiger partial charge in [0.1, 0.15) is 0 Å². The van der Waals surface area contributed by atoms with Gasteiger partial charge in [-0.05, 0) is 20.8 Å². The van der Waals surface area contributed by atoms with Crippen LogP contribution in [0.1, 0.15) is 27.7 Å². The number of hydrogen-bond donors (Lipinski definition) is 2. The molecule has 0 fully saturated rings. The van der Waals surface area contributed by atoms with Crippen LogP contribution in [0.15, 0.2) is 0 Å². The Morgan fingerprint density at radius 2 is 1.33 bits per heavy atom. The van der Waals surface area contributed by atoms with Crippen molar-refractivity contribution in [2.24, 2.45) is 0 Å². The second-order valence-electron chi connectivity index (χ2n) is 5.09. The van der Waals surface area contributed by atoms with Gasteiger partial charge in [0.15, 0.2) is 11.3 Å². The van der Waals surface area contributed by atoms with Gasteiger partial charge in [0.05, 0.1) is 0 Å². The van der Waals surface area contributed by atoms with Crippen LogP contribution in [0.3, 0.4) is 0 Å². The molecule has 0 radical (unpaired) electrons. The summed E-state index contributed by atoms with van der Waals surface area (Å²) in [6, 6.07) is 0. The second kappa shape index (κ2) is 7.40. The maximum Gasteiger partial charge on any atom is 0.377 e. The average molecular weight is 410 g/mol. The van der Waals surface area contributed by atoms with Gasteiger partial charge in [-0.2, -0.15) is 0 Å². The van der Waals surface area contributed by atoms with Crippen molar-refractivity contribution in [3.8, 4) is 0 Å². The van der Waals surface area contributed by atoms with Gasteiger partial charge in [0, 0.05) is 6.92 Å². The van der Waals surface area contributed by atoms with Crippen LogP contribution in [0.25, 0.3) is 0 Å². The molecule has 138 valence electrons. The zero-order valence-electron chi connectivity index (χ0n) is 13.0. The molecule has 0 bridgehead atoms. The number of alkyl halides is 3. The summed E-state index contributed by atoms with van der Waals surface area (Å²) in [5.41, 5.74) is 0. The minimum Gasteiger partial charge on any atom is -0.478 e. The fourth-order valence-corrected chi connectivity index (χ4v) is 1.77. The van der Waals surface area contributed by atoms with E-state index in [9.17, 15) is 19.2 Å². The molecule has 12 heteroatoms. The SMILES string of the molecule is CC(Cl)(C=O)OC(C)(Cl)C(=O)OC(C)(OC(C)(Cl)C(=O)O)C(=O)O. The number of ether oxygens (including phenoxy) is 3. The summed E-state index contributed by atoms with van der Waals surface area (Å²) < 4.78 is 14.1. The van der Waals surface area contributed by atoms with Crippen LogP contribution in [-0.4, -0.2) is 55.4 Å². The Kier molecular flexibility index (Phi) is 7.05. The summed E-state index contributed by atoms with van der Waals surface area (Å²) in [5, 5.41) is 11.1. The number of halogens is 3. The zero-order valence-corrected chi connectivity index (χ0v) is 15.2. The maximum atomic E-state index is 12.0. The van der Waals surface area contributed by atoms with Crippen LogP contribution < -0.4 is 0 Å². The van der Waals surface area contributed by atoms with Crippen molar-refractivity contribution in [1.82, 2.24) is 0 Å². The molecule has 0 saturated carbocycles. The predicted octanol–water partition coefficient (Wildman–Crippen LogP) is 1.51. The first-order valence-electron chi connectivity index (χ1n) is 6.13.